The molecule has 520 valence electrons. The molecular formula is C73H113N11O8S2. The van der Waals surface area contributed by atoms with Crippen molar-refractivity contribution in [3.63, 3.8) is 0 Å². The number of carbonyl (C=O) groups is 6. The highest BCUT2D eigenvalue weighted by molar-refractivity contribution is 7.13. The molecule has 0 bridgehead atoms. The fraction of sp³-hybridized carbons (Fsp3) is 0.644. The van der Waals surface area contributed by atoms with Gasteiger partial charge in [0.05, 0.1) is 56.5 Å². The molecule has 94 heavy (non-hydrogen) atoms. The van der Waals surface area contributed by atoms with E-state index in [0.717, 1.165) is 101 Å². The Morgan fingerprint density at radius 1 is 0.574 bits per heavy atom. The molecule has 0 spiro atoms. The number of aryl methyl sites for hydroxylation is 2. The summed E-state index contributed by atoms with van der Waals surface area (Å²) in [6.07, 6.45) is 18.9. The van der Waals surface area contributed by atoms with E-state index < -0.39 is 58.3 Å². The Bertz CT molecular complexity index is 2980. The largest absolute Gasteiger partial charge is 0.391 e. The van der Waals surface area contributed by atoms with Crippen LogP contribution in [0.15, 0.2) is 69.5 Å². The molecule has 0 radical (unpaired) electrons. The van der Waals surface area contributed by atoms with E-state index >= 15 is 0 Å². The van der Waals surface area contributed by atoms with Crippen LogP contribution in [0.2, 0.25) is 0 Å². The number of nitrogens with zero attached hydrogens (tertiary/aromatic N) is 6. The molecule has 0 saturated carbocycles. The minimum absolute atomic E-state index is 0. The van der Waals surface area contributed by atoms with Gasteiger partial charge < -0.3 is 47.0 Å². The Morgan fingerprint density at radius 2 is 0.904 bits per heavy atom. The number of benzene rings is 2. The van der Waals surface area contributed by atoms with Gasteiger partial charge in [-0.15, -0.1) is 22.7 Å². The molecule has 4 aliphatic heterocycles. The van der Waals surface area contributed by atoms with E-state index in [4.69, 9.17) is 15.7 Å². The molecule has 4 aliphatic rings. The summed E-state index contributed by atoms with van der Waals surface area (Å²) < 4.78 is 0. The fourth-order valence-corrected chi connectivity index (χ4v) is 14.3. The minimum atomic E-state index is -1.18. The standard InChI is InChI=1S/C36H53N5O4S.C35H52N6O4S.2CH4/c1-7-8-9-10-11-12-13-14-15-16-29(43)38-31(35(3,4)5)33(44)41-22-27(42)21-28(41)32-39-34(45)36(6,40-32)26-19-17-25(18-20-26)30-24(2)37-23-46-30;1-23-29(46-22-37-23)24-15-17-25(18-16-24)35(5)33(45)39-31(40-35)27-20-26(42)21-41(27)32(44)30(34(2,3)4)38-28(43)14-12-10-8-6-7-9-11-13-19-36;;/h17-20,23,27-28,31,42H,7-16,21-22H2,1-6H3,(H,38,43)(H,39,40,45);15-18,22,26-27,30,42H,6-14,19-21,36H2,1-5H3,(H,38,43)(H,39,40,45);2*1H4/t27-,28+,31-,36+;26-,27+,30-,35+;;/m11../s1. The highest BCUT2D eigenvalue weighted by Gasteiger charge is 2.51. The first-order chi connectivity index (χ1) is 43.7. The van der Waals surface area contributed by atoms with E-state index in [9.17, 15) is 39.0 Å². The van der Waals surface area contributed by atoms with E-state index in [0.29, 0.717) is 24.5 Å². The number of hydrogen-bond acceptors (Lipinski definition) is 15. The normalized spacial score (nSPS) is 21.6. The Hall–Kier alpha value is -6.26. The SMILES string of the molecule is C.C.CCCCCCCCCCCC(=O)N[C@H](C(=O)N1C[C@H](O)C[C@H]1C1=N[C@@](C)(c2ccc(-c3scnc3C)cc2)C(=O)N1)C(C)(C)C.Cc1ncsc1-c1ccc([C@]2(C)N=C([C@@H]3C[C@@H](O)CN3C(=O)[C@@H](NC(=O)CCCCCCCCCCN)C(C)(C)C)NC2=O)cc1. The molecule has 8 N–H and O–H groups in total. The molecule has 2 aromatic heterocycles. The van der Waals surface area contributed by atoms with Crippen molar-refractivity contribution in [1.29, 1.82) is 0 Å². The van der Waals surface area contributed by atoms with Crippen LogP contribution in [0.1, 0.15) is 235 Å². The molecule has 19 nitrogen and oxygen atoms in total. The molecule has 2 saturated heterocycles. The number of aliphatic imine (C=N–C) groups is 2. The summed E-state index contributed by atoms with van der Waals surface area (Å²) in [5.74, 6) is -0.671. The number of carbonyl (C=O) groups excluding carboxylic acids is 6. The summed E-state index contributed by atoms with van der Waals surface area (Å²) in [6.45, 7) is 22.2. The lowest BCUT2D eigenvalue weighted by atomic mass is 9.85. The van der Waals surface area contributed by atoms with Gasteiger partial charge in [0.15, 0.2) is 11.1 Å². The van der Waals surface area contributed by atoms with Crippen LogP contribution >= 0.6 is 22.7 Å². The van der Waals surface area contributed by atoms with Gasteiger partial charge in [-0.1, -0.05) is 202 Å². The number of aliphatic hydroxyl groups excluding tert-OH is 2. The number of thiazole rings is 2. The van der Waals surface area contributed by atoms with Crippen LogP contribution in [-0.4, -0.2) is 133 Å². The first kappa shape index (κ1) is 78.4. The van der Waals surface area contributed by atoms with Crippen LogP contribution in [0.25, 0.3) is 20.9 Å². The number of hydrogen-bond donors (Lipinski definition) is 7. The van der Waals surface area contributed by atoms with Crippen molar-refractivity contribution in [3.8, 4) is 20.9 Å². The highest BCUT2D eigenvalue weighted by atomic mass is 32.1. The highest BCUT2D eigenvalue weighted by Crippen LogP contribution is 2.38. The minimum Gasteiger partial charge on any atom is -0.391 e. The maximum atomic E-state index is 14.1. The number of aliphatic hydroxyl groups is 2. The lowest BCUT2D eigenvalue weighted by Crippen LogP contribution is -2.57. The molecule has 2 aromatic carbocycles. The van der Waals surface area contributed by atoms with Gasteiger partial charge in [-0.05, 0) is 86.6 Å². The second-order valence-corrected chi connectivity index (χ2v) is 29.9. The van der Waals surface area contributed by atoms with Gasteiger partial charge >= 0.3 is 0 Å². The summed E-state index contributed by atoms with van der Waals surface area (Å²) in [4.78, 5) is 105. The molecule has 0 unspecified atom stereocenters. The number of rotatable bonds is 30. The van der Waals surface area contributed by atoms with Crippen LogP contribution in [0.3, 0.4) is 0 Å². The number of nitrogens with two attached hydrogens (primary N) is 1. The number of amidine groups is 2. The predicted octanol–water partition coefficient (Wildman–Crippen LogP) is 12.4. The number of nitrogens with one attached hydrogen (secondary N) is 4. The van der Waals surface area contributed by atoms with Crippen LogP contribution in [0.5, 0.6) is 0 Å². The average molecular weight is 1340 g/mol. The van der Waals surface area contributed by atoms with Crippen molar-refractivity contribution in [2.75, 3.05) is 19.6 Å². The van der Waals surface area contributed by atoms with Gasteiger partial charge in [-0.2, -0.15) is 0 Å². The van der Waals surface area contributed by atoms with E-state index in [2.05, 4.69) is 38.2 Å². The molecular weight excluding hydrogens is 1220 g/mol. The maximum Gasteiger partial charge on any atom is 0.257 e. The van der Waals surface area contributed by atoms with Gasteiger partial charge in [0.25, 0.3) is 11.8 Å². The Balaban J connectivity index is 0.000000333. The molecule has 0 aliphatic carbocycles. The maximum absolute atomic E-state index is 14.1. The van der Waals surface area contributed by atoms with E-state index in [1.54, 1.807) is 46.3 Å². The van der Waals surface area contributed by atoms with Crippen molar-refractivity contribution in [3.05, 3.63) is 82.1 Å². The predicted molar refractivity (Wildman–Crippen MR) is 381 cm³/mol. The third kappa shape index (κ3) is 20.4. The van der Waals surface area contributed by atoms with Crippen LogP contribution in [0.4, 0.5) is 0 Å². The Kier molecular flexibility index (Phi) is 29.7. The smallest absolute Gasteiger partial charge is 0.257 e. The van der Waals surface area contributed by atoms with Gasteiger partial charge in [0.1, 0.15) is 23.8 Å². The molecule has 8 rings (SSSR count). The third-order valence-electron chi connectivity index (χ3n) is 18.4. The zero-order valence-corrected chi connectivity index (χ0v) is 58.3. The van der Waals surface area contributed by atoms with Crippen molar-refractivity contribution in [2.45, 2.75) is 273 Å². The zero-order chi connectivity index (χ0) is 67.0. The van der Waals surface area contributed by atoms with Gasteiger partial charge in [-0.3, -0.25) is 28.8 Å². The van der Waals surface area contributed by atoms with Crippen LogP contribution in [-0.2, 0) is 39.8 Å². The topological polar surface area (TPSA) is 274 Å². The number of amides is 6. The molecule has 8 atom stereocenters. The van der Waals surface area contributed by atoms with Crippen LogP contribution < -0.4 is 27.0 Å². The van der Waals surface area contributed by atoms with Gasteiger partial charge in [-0.25, -0.2) is 20.0 Å². The molecule has 4 aromatic rings. The fourth-order valence-electron chi connectivity index (χ4n) is 12.7. The van der Waals surface area contributed by atoms with Gasteiger partial charge in [0.2, 0.25) is 23.6 Å². The summed E-state index contributed by atoms with van der Waals surface area (Å²) in [5.41, 5.74) is 11.1. The number of aromatic nitrogens is 2. The summed E-state index contributed by atoms with van der Waals surface area (Å²) in [6, 6.07) is 12.7. The average Bonchev–Trinajstić information content (AvgIpc) is 1.61. The number of unbranched alkanes of at least 4 members (excludes halogenated alkanes) is 15. The monoisotopic (exact) mass is 1340 g/mol. The zero-order valence-electron chi connectivity index (χ0n) is 56.6. The summed E-state index contributed by atoms with van der Waals surface area (Å²) in [5, 5.41) is 33.3. The Labute approximate surface area is 569 Å². The summed E-state index contributed by atoms with van der Waals surface area (Å²) >= 11 is 3.14. The molecule has 21 heteroatoms. The quantitative estimate of drug-likeness (QED) is 0.0241. The first-order valence-electron chi connectivity index (χ1n) is 33.8. The van der Waals surface area contributed by atoms with Crippen molar-refractivity contribution in [2.24, 2.45) is 26.5 Å². The lowest BCUT2D eigenvalue weighted by Gasteiger charge is -2.35. The third-order valence-corrected chi connectivity index (χ3v) is 20.4. The lowest BCUT2D eigenvalue weighted by molar-refractivity contribution is -0.139. The molecule has 2 fully saturated rings. The van der Waals surface area contributed by atoms with Crippen molar-refractivity contribution >= 4 is 69.8 Å². The number of likely N-dealkylation sites (tertiary alicyclic amines) is 2. The Morgan fingerprint density at radius 3 is 1.21 bits per heavy atom. The van der Waals surface area contributed by atoms with E-state index in [1.807, 2.05) is 115 Å². The van der Waals surface area contributed by atoms with Crippen LogP contribution in [0, 0.1) is 24.7 Å². The van der Waals surface area contributed by atoms with E-state index in [1.165, 1.54) is 57.8 Å². The van der Waals surface area contributed by atoms with Crippen molar-refractivity contribution in [1.82, 2.24) is 41.0 Å². The summed E-state index contributed by atoms with van der Waals surface area (Å²) in [7, 11) is 0. The molecule has 6 heterocycles. The second kappa shape index (κ2) is 35.7. The second-order valence-electron chi connectivity index (χ2n) is 28.2. The van der Waals surface area contributed by atoms with Crippen molar-refractivity contribution < 1.29 is 39.0 Å². The molecule has 6 amide bonds. The number of β-amino-alcohol motifs (C(OH)–C–C–N with tert-alkyl or cyclic N) is 2. The van der Waals surface area contributed by atoms with Gasteiger partial charge in [0, 0.05) is 38.8 Å². The van der Waals surface area contributed by atoms with E-state index in [-0.39, 0.29) is 76.2 Å². The first-order valence-corrected chi connectivity index (χ1v) is 35.6.